The van der Waals surface area contributed by atoms with Gasteiger partial charge in [0.25, 0.3) is 0 Å². The Labute approximate surface area is 86.2 Å². The molecule has 0 aromatic rings. The summed E-state index contributed by atoms with van der Waals surface area (Å²) >= 11 is 0. The first-order chi connectivity index (χ1) is 6.90. The molecule has 1 nitrogen and oxygen atoms in total. The van der Waals surface area contributed by atoms with Gasteiger partial charge in [0, 0.05) is 6.61 Å². The van der Waals surface area contributed by atoms with Crippen LogP contribution in [-0.2, 0) is 0 Å². The van der Waals surface area contributed by atoms with E-state index in [1.165, 1.54) is 44.9 Å². The molecule has 0 amide bonds. The SMILES string of the molecule is OC[C@H]1C[C@@H]2CCCC2=C2CCC[C@@H]21. The Morgan fingerprint density at radius 1 is 1.07 bits per heavy atom. The number of fused-ring (bicyclic) bond motifs is 2. The molecule has 1 heteroatoms. The Morgan fingerprint density at radius 2 is 1.86 bits per heavy atom. The molecule has 0 heterocycles. The van der Waals surface area contributed by atoms with Crippen LogP contribution in [0.1, 0.15) is 44.9 Å². The zero-order valence-electron chi connectivity index (χ0n) is 8.84. The first-order valence-electron chi connectivity index (χ1n) is 6.23. The molecule has 0 spiro atoms. The maximum atomic E-state index is 9.44. The van der Waals surface area contributed by atoms with E-state index in [9.17, 15) is 5.11 Å². The fraction of sp³-hybridized carbons (Fsp3) is 0.846. The van der Waals surface area contributed by atoms with Gasteiger partial charge in [-0.1, -0.05) is 11.1 Å². The lowest BCUT2D eigenvalue weighted by atomic mass is 9.73. The van der Waals surface area contributed by atoms with Crippen LogP contribution in [0.25, 0.3) is 0 Å². The highest BCUT2D eigenvalue weighted by molar-refractivity contribution is 5.28. The number of rotatable bonds is 1. The second-order valence-electron chi connectivity index (χ2n) is 5.32. The van der Waals surface area contributed by atoms with Crippen LogP contribution in [0.5, 0.6) is 0 Å². The number of aliphatic hydroxyl groups is 1. The number of aliphatic hydroxyl groups excluding tert-OH is 1. The molecule has 1 N–H and O–H groups in total. The van der Waals surface area contributed by atoms with Crippen LogP contribution in [0.15, 0.2) is 11.1 Å². The van der Waals surface area contributed by atoms with Gasteiger partial charge in [-0.05, 0) is 62.7 Å². The van der Waals surface area contributed by atoms with Gasteiger partial charge in [-0.2, -0.15) is 0 Å². The normalized spacial score (nSPS) is 41.4. The molecular formula is C13H20O. The molecule has 0 aromatic heterocycles. The van der Waals surface area contributed by atoms with E-state index in [0.29, 0.717) is 12.5 Å². The first kappa shape index (κ1) is 8.96. The highest BCUT2D eigenvalue weighted by Crippen LogP contribution is 2.51. The minimum absolute atomic E-state index is 0.429. The lowest BCUT2D eigenvalue weighted by molar-refractivity contribution is 0.160. The average Bonchev–Trinajstić information content (AvgIpc) is 2.83. The zero-order chi connectivity index (χ0) is 9.54. The van der Waals surface area contributed by atoms with Crippen LogP contribution in [0.3, 0.4) is 0 Å². The Balaban J connectivity index is 1.96. The molecular weight excluding hydrogens is 172 g/mol. The molecule has 3 aliphatic carbocycles. The Kier molecular flexibility index (Phi) is 2.16. The minimum atomic E-state index is 0.429. The van der Waals surface area contributed by atoms with Gasteiger partial charge in [0.05, 0.1) is 0 Å². The van der Waals surface area contributed by atoms with E-state index < -0.39 is 0 Å². The summed E-state index contributed by atoms with van der Waals surface area (Å²) in [5.41, 5.74) is 3.62. The van der Waals surface area contributed by atoms with Crippen LogP contribution in [0.2, 0.25) is 0 Å². The van der Waals surface area contributed by atoms with Gasteiger partial charge < -0.3 is 5.11 Å². The van der Waals surface area contributed by atoms with Gasteiger partial charge in [-0.3, -0.25) is 0 Å². The average molecular weight is 192 g/mol. The minimum Gasteiger partial charge on any atom is -0.396 e. The van der Waals surface area contributed by atoms with Gasteiger partial charge in [0.2, 0.25) is 0 Å². The fourth-order valence-corrected chi connectivity index (χ4v) is 4.12. The van der Waals surface area contributed by atoms with Crippen molar-refractivity contribution in [2.45, 2.75) is 44.9 Å². The van der Waals surface area contributed by atoms with Crippen LogP contribution < -0.4 is 0 Å². The molecule has 14 heavy (non-hydrogen) atoms. The Morgan fingerprint density at radius 3 is 2.71 bits per heavy atom. The number of allylic oxidation sites excluding steroid dienone is 2. The second-order valence-corrected chi connectivity index (χ2v) is 5.32. The molecule has 3 aliphatic rings. The van der Waals surface area contributed by atoms with Gasteiger partial charge in [-0.25, -0.2) is 0 Å². The van der Waals surface area contributed by atoms with Crippen molar-refractivity contribution in [3.05, 3.63) is 11.1 Å². The van der Waals surface area contributed by atoms with Crippen molar-refractivity contribution >= 4 is 0 Å². The zero-order valence-corrected chi connectivity index (χ0v) is 8.84. The van der Waals surface area contributed by atoms with E-state index in [2.05, 4.69) is 0 Å². The van der Waals surface area contributed by atoms with E-state index in [0.717, 1.165) is 11.8 Å². The topological polar surface area (TPSA) is 20.2 Å². The number of hydrogen-bond acceptors (Lipinski definition) is 1. The van der Waals surface area contributed by atoms with Crippen molar-refractivity contribution in [1.29, 1.82) is 0 Å². The fourth-order valence-electron chi connectivity index (χ4n) is 4.12. The summed E-state index contributed by atoms with van der Waals surface area (Å²) in [6.07, 6.45) is 9.58. The summed E-state index contributed by atoms with van der Waals surface area (Å²) in [5.74, 6) is 2.26. The van der Waals surface area contributed by atoms with Crippen molar-refractivity contribution in [2.24, 2.45) is 17.8 Å². The summed E-state index contributed by atoms with van der Waals surface area (Å²) in [6.45, 7) is 0.429. The third-order valence-electron chi connectivity index (χ3n) is 4.70. The van der Waals surface area contributed by atoms with Gasteiger partial charge in [0.1, 0.15) is 0 Å². The monoisotopic (exact) mass is 192 g/mol. The van der Waals surface area contributed by atoms with Gasteiger partial charge in [0.15, 0.2) is 0 Å². The van der Waals surface area contributed by atoms with E-state index >= 15 is 0 Å². The molecule has 2 saturated carbocycles. The van der Waals surface area contributed by atoms with E-state index in [-0.39, 0.29) is 0 Å². The smallest absolute Gasteiger partial charge is 0.0465 e. The van der Waals surface area contributed by atoms with Crippen molar-refractivity contribution in [3.8, 4) is 0 Å². The van der Waals surface area contributed by atoms with Crippen LogP contribution in [0.4, 0.5) is 0 Å². The third-order valence-corrected chi connectivity index (χ3v) is 4.70. The third kappa shape index (κ3) is 1.18. The molecule has 0 unspecified atom stereocenters. The highest BCUT2D eigenvalue weighted by Gasteiger charge is 2.39. The molecule has 2 fully saturated rings. The van der Waals surface area contributed by atoms with Gasteiger partial charge >= 0.3 is 0 Å². The lowest BCUT2D eigenvalue weighted by Gasteiger charge is -2.33. The molecule has 3 rings (SSSR count). The summed E-state index contributed by atoms with van der Waals surface area (Å²) in [6, 6.07) is 0. The number of hydrogen-bond donors (Lipinski definition) is 1. The first-order valence-corrected chi connectivity index (χ1v) is 6.23. The van der Waals surface area contributed by atoms with E-state index in [4.69, 9.17) is 0 Å². The Bertz CT molecular complexity index is 266. The summed E-state index contributed by atoms with van der Waals surface area (Å²) in [4.78, 5) is 0. The molecule has 0 aliphatic heterocycles. The van der Waals surface area contributed by atoms with Crippen molar-refractivity contribution < 1.29 is 5.11 Å². The predicted molar refractivity (Wildman–Crippen MR) is 56.9 cm³/mol. The molecule has 0 saturated heterocycles. The van der Waals surface area contributed by atoms with Crippen LogP contribution in [0, 0.1) is 17.8 Å². The van der Waals surface area contributed by atoms with Crippen LogP contribution in [-0.4, -0.2) is 11.7 Å². The quantitative estimate of drug-likeness (QED) is 0.633. The van der Waals surface area contributed by atoms with E-state index in [1.54, 1.807) is 5.57 Å². The van der Waals surface area contributed by atoms with Crippen molar-refractivity contribution in [1.82, 2.24) is 0 Å². The highest BCUT2D eigenvalue weighted by atomic mass is 16.3. The maximum Gasteiger partial charge on any atom is 0.0465 e. The van der Waals surface area contributed by atoms with E-state index in [1.807, 2.05) is 5.57 Å². The standard InChI is InChI=1S/C13H20O/c14-8-10-7-9-3-1-4-11(9)13-6-2-5-12(10)13/h9-10,12,14H,1-8H2/t9-,10+,12+/m0/s1. The Hall–Kier alpha value is -0.300. The molecule has 0 bridgehead atoms. The molecule has 78 valence electrons. The second kappa shape index (κ2) is 3.37. The summed E-state index contributed by atoms with van der Waals surface area (Å²) in [5, 5.41) is 9.44. The predicted octanol–water partition coefficient (Wildman–Crippen LogP) is 2.90. The summed E-state index contributed by atoms with van der Waals surface area (Å²) < 4.78 is 0. The van der Waals surface area contributed by atoms with Crippen molar-refractivity contribution in [2.75, 3.05) is 6.61 Å². The van der Waals surface area contributed by atoms with Crippen LogP contribution >= 0.6 is 0 Å². The largest absolute Gasteiger partial charge is 0.396 e. The molecule has 0 radical (unpaired) electrons. The summed E-state index contributed by atoms with van der Waals surface area (Å²) in [7, 11) is 0. The maximum absolute atomic E-state index is 9.44. The molecule has 0 aromatic carbocycles. The van der Waals surface area contributed by atoms with Crippen molar-refractivity contribution in [3.63, 3.8) is 0 Å². The molecule has 3 atom stereocenters. The van der Waals surface area contributed by atoms with Gasteiger partial charge in [-0.15, -0.1) is 0 Å². The lowest BCUT2D eigenvalue weighted by Crippen LogP contribution is -2.26.